The zero-order valence-corrected chi connectivity index (χ0v) is 10.4. The van der Waals surface area contributed by atoms with Gasteiger partial charge < -0.3 is 10.5 Å². The Labute approximate surface area is 96.6 Å². The molecule has 0 aliphatic heterocycles. The number of rotatable bonds is 3. The minimum absolute atomic E-state index is 0.0250. The van der Waals surface area contributed by atoms with Crippen molar-refractivity contribution in [2.75, 3.05) is 13.7 Å². The average molecular weight is 225 g/mol. The van der Waals surface area contributed by atoms with Crippen molar-refractivity contribution in [3.8, 4) is 5.75 Å². The van der Waals surface area contributed by atoms with Gasteiger partial charge in [0.2, 0.25) is 0 Å². The lowest BCUT2D eigenvalue weighted by atomic mass is 9.73. The number of halogens is 1. The van der Waals surface area contributed by atoms with Crippen molar-refractivity contribution in [2.45, 2.75) is 26.4 Å². The van der Waals surface area contributed by atoms with Crippen molar-refractivity contribution in [3.63, 3.8) is 0 Å². The first-order chi connectivity index (χ1) is 7.35. The van der Waals surface area contributed by atoms with Gasteiger partial charge in [-0.1, -0.05) is 32.9 Å². The van der Waals surface area contributed by atoms with E-state index in [1.54, 1.807) is 31.4 Å². The summed E-state index contributed by atoms with van der Waals surface area (Å²) in [6, 6.07) is 6.98. The van der Waals surface area contributed by atoms with E-state index >= 15 is 0 Å². The third kappa shape index (κ3) is 2.19. The maximum Gasteiger partial charge on any atom is 0.152 e. The van der Waals surface area contributed by atoms with Crippen LogP contribution >= 0.6 is 0 Å². The Morgan fingerprint density at radius 3 is 2.00 bits per heavy atom. The summed E-state index contributed by atoms with van der Waals surface area (Å²) in [5.41, 5.74) is 4.14. The van der Waals surface area contributed by atoms with Gasteiger partial charge in [0.25, 0.3) is 0 Å². The van der Waals surface area contributed by atoms with Crippen LogP contribution in [0.5, 0.6) is 5.75 Å². The predicted octanol–water partition coefficient (Wildman–Crippen LogP) is 2.86. The molecule has 2 nitrogen and oxygen atoms in total. The van der Waals surface area contributed by atoms with Crippen LogP contribution < -0.4 is 10.5 Å². The summed E-state index contributed by atoms with van der Waals surface area (Å²) in [7, 11) is 1.59. The van der Waals surface area contributed by atoms with Gasteiger partial charge in [0.15, 0.2) is 5.67 Å². The Kier molecular flexibility index (Phi) is 3.58. The van der Waals surface area contributed by atoms with E-state index in [0.29, 0.717) is 5.56 Å². The smallest absolute Gasteiger partial charge is 0.152 e. The highest BCUT2D eigenvalue weighted by Gasteiger charge is 2.42. The first-order valence-electron chi connectivity index (χ1n) is 5.38. The second kappa shape index (κ2) is 4.42. The van der Waals surface area contributed by atoms with Crippen LogP contribution in [0.15, 0.2) is 24.3 Å². The van der Waals surface area contributed by atoms with Gasteiger partial charge in [-0.25, -0.2) is 4.39 Å². The number of methoxy groups -OCH3 is 1. The van der Waals surface area contributed by atoms with Crippen LogP contribution in [-0.2, 0) is 5.67 Å². The van der Waals surface area contributed by atoms with Crippen molar-refractivity contribution in [1.29, 1.82) is 0 Å². The first-order valence-corrected chi connectivity index (χ1v) is 5.38. The van der Waals surface area contributed by atoms with Crippen LogP contribution in [0.4, 0.5) is 4.39 Å². The molecule has 0 radical (unpaired) electrons. The monoisotopic (exact) mass is 225 g/mol. The maximum absolute atomic E-state index is 14.8. The van der Waals surface area contributed by atoms with Gasteiger partial charge in [0.05, 0.1) is 7.11 Å². The van der Waals surface area contributed by atoms with Gasteiger partial charge in [0.1, 0.15) is 5.75 Å². The minimum atomic E-state index is -1.51. The summed E-state index contributed by atoms with van der Waals surface area (Å²) >= 11 is 0. The van der Waals surface area contributed by atoms with Crippen LogP contribution in [0.2, 0.25) is 0 Å². The lowest BCUT2D eigenvalue weighted by molar-refractivity contribution is 0.0343. The minimum Gasteiger partial charge on any atom is -0.497 e. The normalized spacial score (nSPS) is 15.6. The molecule has 0 spiro atoms. The fourth-order valence-corrected chi connectivity index (χ4v) is 1.71. The molecule has 0 saturated carbocycles. The highest BCUT2D eigenvalue weighted by molar-refractivity contribution is 5.32. The quantitative estimate of drug-likeness (QED) is 0.858. The zero-order chi connectivity index (χ0) is 12.4. The molecule has 1 atom stereocenters. The Bertz CT molecular complexity index is 342. The molecule has 2 N–H and O–H groups in total. The Morgan fingerprint density at radius 1 is 1.19 bits per heavy atom. The van der Waals surface area contributed by atoms with E-state index in [0.717, 1.165) is 5.75 Å². The summed E-state index contributed by atoms with van der Waals surface area (Å²) in [6.45, 7) is 5.53. The molecule has 1 aromatic carbocycles. The standard InChI is InChI=1S/C13H20FNO/c1-12(2,3)13(14,9-15)10-5-7-11(16-4)8-6-10/h5-8H,9,15H2,1-4H3. The van der Waals surface area contributed by atoms with E-state index in [2.05, 4.69) is 0 Å². The predicted molar refractivity (Wildman–Crippen MR) is 64.3 cm³/mol. The van der Waals surface area contributed by atoms with Crippen LogP contribution in [0.25, 0.3) is 0 Å². The molecule has 1 rings (SSSR count). The van der Waals surface area contributed by atoms with Crippen LogP contribution in [0.1, 0.15) is 26.3 Å². The number of alkyl halides is 1. The summed E-state index contributed by atoms with van der Waals surface area (Å²) in [4.78, 5) is 0. The SMILES string of the molecule is COc1ccc(C(F)(CN)C(C)(C)C)cc1. The summed E-state index contributed by atoms with van der Waals surface area (Å²) < 4.78 is 19.9. The van der Waals surface area contributed by atoms with Gasteiger partial charge in [-0.2, -0.15) is 0 Å². The maximum atomic E-state index is 14.8. The molecule has 0 fully saturated rings. The zero-order valence-electron chi connectivity index (χ0n) is 10.4. The highest BCUT2D eigenvalue weighted by Crippen LogP contribution is 2.42. The van der Waals surface area contributed by atoms with E-state index in [9.17, 15) is 4.39 Å². The fourth-order valence-electron chi connectivity index (χ4n) is 1.71. The van der Waals surface area contributed by atoms with Gasteiger partial charge in [0, 0.05) is 12.0 Å². The van der Waals surface area contributed by atoms with E-state index in [4.69, 9.17) is 10.5 Å². The Hall–Kier alpha value is -1.09. The van der Waals surface area contributed by atoms with Crippen LogP contribution in [-0.4, -0.2) is 13.7 Å². The van der Waals surface area contributed by atoms with E-state index in [-0.39, 0.29) is 6.54 Å². The van der Waals surface area contributed by atoms with Gasteiger partial charge >= 0.3 is 0 Å². The van der Waals surface area contributed by atoms with Gasteiger partial charge in [-0.05, 0) is 17.7 Å². The Morgan fingerprint density at radius 2 is 1.69 bits per heavy atom. The summed E-state index contributed by atoms with van der Waals surface area (Å²) in [5, 5.41) is 0. The largest absolute Gasteiger partial charge is 0.497 e. The third-order valence-corrected chi connectivity index (χ3v) is 3.02. The number of ether oxygens (including phenoxy) is 1. The van der Waals surface area contributed by atoms with Crippen molar-refractivity contribution in [1.82, 2.24) is 0 Å². The van der Waals surface area contributed by atoms with Gasteiger partial charge in [-0.3, -0.25) is 0 Å². The molecule has 90 valence electrons. The molecule has 0 aliphatic carbocycles. The molecule has 1 unspecified atom stereocenters. The number of nitrogens with two attached hydrogens (primary N) is 1. The summed E-state index contributed by atoms with van der Waals surface area (Å²) in [5.74, 6) is 0.719. The topological polar surface area (TPSA) is 35.2 Å². The van der Waals surface area contributed by atoms with E-state index < -0.39 is 11.1 Å². The number of benzene rings is 1. The van der Waals surface area contributed by atoms with Crippen molar-refractivity contribution in [3.05, 3.63) is 29.8 Å². The second-order valence-electron chi connectivity index (χ2n) is 4.98. The van der Waals surface area contributed by atoms with E-state index in [1.807, 2.05) is 20.8 Å². The van der Waals surface area contributed by atoms with Crippen molar-refractivity contribution in [2.24, 2.45) is 11.1 Å². The van der Waals surface area contributed by atoms with E-state index in [1.165, 1.54) is 0 Å². The molecular formula is C13H20FNO. The summed E-state index contributed by atoms with van der Waals surface area (Å²) in [6.07, 6.45) is 0. The highest BCUT2D eigenvalue weighted by atomic mass is 19.1. The molecule has 0 bridgehead atoms. The lowest BCUT2D eigenvalue weighted by Gasteiger charge is -2.37. The molecule has 0 aromatic heterocycles. The molecular weight excluding hydrogens is 205 g/mol. The molecule has 3 heteroatoms. The van der Waals surface area contributed by atoms with Crippen molar-refractivity contribution < 1.29 is 9.13 Å². The van der Waals surface area contributed by atoms with Crippen molar-refractivity contribution >= 4 is 0 Å². The average Bonchev–Trinajstić information content (AvgIpc) is 2.26. The fraction of sp³-hybridized carbons (Fsp3) is 0.538. The van der Waals surface area contributed by atoms with Crippen LogP contribution in [0.3, 0.4) is 0 Å². The Balaban J connectivity index is 3.13. The number of hydrogen-bond acceptors (Lipinski definition) is 2. The molecule has 0 amide bonds. The molecule has 0 saturated heterocycles. The first kappa shape index (κ1) is 13.0. The second-order valence-corrected chi connectivity index (χ2v) is 4.98. The van der Waals surface area contributed by atoms with Crippen LogP contribution in [0, 0.1) is 5.41 Å². The molecule has 1 aromatic rings. The third-order valence-electron chi connectivity index (χ3n) is 3.02. The lowest BCUT2D eigenvalue weighted by Crippen LogP contribution is -2.42. The molecule has 0 aliphatic rings. The molecule has 0 heterocycles. The number of hydrogen-bond donors (Lipinski definition) is 1. The van der Waals surface area contributed by atoms with Gasteiger partial charge in [-0.15, -0.1) is 0 Å². The molecule has 16 heavy (non-hydrogen) atoms.